The van der Waals surface area contributed by atoms with E-state index in [9.17, 15) is 5.11 Å². The highest BCUT2D eigenvalue weighted by atomic mass is 79.9. The third-order valence-electron chi connectivity index (χ3n) is 3.12. The molecule has 1 aromatic carbocycles. The predicted molar refractivity (Wildman–Crippen MR) is 74.4 cm³/mol. The first-order chi connectivity index (χ1) is 8.20. The van der Waals surface area contributed by atoms with Crippen LogP contribution in [-0.2, 0) is 6.54 Å². The van der Waals surface area contributed by atoms with E-state index in [4.69, 9.17) is 0 Å². The molecule has 94 valence electrons. The average Bonchev–Trinajstić information content (AvgIpc) is 2.74. The first-order valence-corrected chi connectivity index (χ1v) is 6.92. The number of halogens is 1. The second-order valence-corrected chi connectivity index (χ2v) is 5.36. The highest BCUT2D eigenvalue weighted by Crippen LogP contribution is 2.28. The van der Waals surface area contributed by atoms with Gasteiger partial charge in [0.15, 0.2) is 0 Å². The topological polar surface area (TPSA) is 35.5 Å². The smallest absolute Gasteiger partial charge is 0.0731 e. The molecule has 3 nitrogen and oxygen atoms in total. The summed E-state index contributed by atoms with van der Waals surface area (Å²) in [5, 5.41) is 13.0. The van der Waals surface area contributed by atoms with Crippen molar-refractivity contribution in [1.29, 1.82) is 0 Å². The Morgan fingerprint density at radius 1 is 1.53 bits per heavy atom. The summed E-state index contributed by atoms with van der Waals surface area (Å²) in [6, 6.07) is 6.36. The third-order valence-corrected chi connectivity index (χ3v) is 3.61. The van der Waals surface area contributed by atoms with Crippen LogP contribution in [0, 0.1) is 0 Å². The Morgan fingerprint density at radius 3 is 3.00 bits per heavy atom. The summed E-state index contributed by atoms with van der Waals surface area (Å²) in [6.07, 6.45) is 0.689. The molecule has 0 spiro atoms. The van der Waals surface area contributed by atoms with Gasteiger partial charge in [-0.1, -0.05) is 28.9 Å². The van der Waals surface area contributed by atoms with Crippen LogP contribution in [0.25, 0.3) is 0 Å². The van der Waals surface area contributed by atoms with Gasteiger partial charge in [0.1, 0.15) is 0 Å². The Labute approximate surface area is 111 Å². The van der Waals surface area contributed by atoms with Crippen LogP contribution >= 0.6 is 15.9 Å². The number of β-amino-alcohol motifs (C(OH)–C–C–N with tert-alkyl or cyclic N) is 1. The zero-order chi connectivity index (χ0) is 12.3. The van der Waals surface area contributed by atoms with E-state index in [1.54, 1.807) is 0 Å². The summed E-state index contributed by atoms with van der Waals surface area (Å²) in [6.45, 7) is 5.65. The Morgan fingerprint density at radius 2 is 2.35 bits per heavy atom. The highest BCUT2D eigenvalue weighted by molar-refractivity contribution is 9.10. The van der Waals surface area contributed by atoms with Crippen LogP contribution in [0.5, 0.6) is 0 Å². The molecule has 1 aliphatic heterocycles. The van der Waals surface area contributed by atoms with E-state index in [2.05, 4.69) is 51.3 Å². The van der Waals surface area contributed by atoms with E-state index < -0.39 is 0 Å². The van der Waals surface area contributed by atoms with E-state index in [0.717, 1.165) is 37.1 Å². The number of nitrogens with one attached hydrogen (secondary N) is 1. The van der Waals surface area contributed by atoms with E-state index in [-0.39, 0.29) is 6.10 Å². The van der Waals surface area contributed by atoms with Gasteiger partial charge in [-0.25, -0.2) is 0 Å². The van der Waals surface area contributed by atoms with Gasteiger partial charge in [0, 0.05) is 29.8 Å². The Bertz CT molecular complexity index is 384. The second kappa shape index (κ2) is 5.85. The van der Waals surface area contributed by atoms with Gasteiger partial charge in [-0.15, -0.1) is 0 Å². The van der Waals surface area contributed by atoms with Gasteiger partial charge < -0.3 is 15.3 Å². The Balaban J connectivity index is 2.20. The number of aliphatic hydroxyl groups excluding tert-OH is 1. The lowest BCUT2D eigenvalue weighted by Gasteiger charge is -2.22. The molecule has 0 radical (unpaired) electrons. The standard InChI is InChI=1S/C13H19BrN2O/c1-2-15-8-10-3-4-11(14)7-13(10)16-6-5-12(17)9-16/h3-4,7,12,15,17H,2,5-6,8-9H2,1H3. The summed E-state index contributed by atoms with van der Waals surface area (Å²) in [7, 11) is 0. The number of hydrogen-bond donors (Lipinski definition) is 2. The second-order valence-electron chi connectivity index (χ2n) is 4.44. The highest BCUT2D eigenvalue weighted by Gasteiger charge is 2.22. The van der Waals surface area contributed by atoms with Gasteiger partial charge in [0.25, 0.3) is 0 Å². The zero-order valence-electron chi connectivity index (χ0n) is 10.1. The molecule has 17 heavy (non-hydrogen) atoms. The molecule has 0 aromatic heterocycles. The summed E-state index contributed by atoms with van der Waals surface area (Å²) in [5.41, 5.74) is 2.53. The Hall–Kier alpha value is -0.580. The minimum Gasteiger partial charge on any atom is -0.391 e. The van der Waals surface area contributed by atoms with Crippen LogP contribution in [0.2, 0.25) is 0 Å². The van der Waals surface area contributed by atoms with Crippen molar-refractivity contribution in [3.8, 4) is 0 Å². The van der Waals surface area contributed by atoms with Crippen molar-refractivity contribution in [3.63, 3.8) is 0 Å². The summed E-state index contributed by atoms with van der Waals surface area (Å²) >= 11 is 3.52. The molecule has 1 atom stereocenters. The molecular formula is C13H19BrN2O. The fraction of sp³-hybridized carbons (Fsp3) is 0.538. The number of hydrogen-bond acceptors (Lipinski definition) is 3. The third kappa shape index (κ3) is 3.21. The number of anilines is 1. The van der Waals surface area contributed by atoms with E-state index in [1.165, 1.54) is 11.3 Å². The van der Waals surface area contributed by atoms with Crippen molar-refractivity contribution in [2.75, 3.05) is 24.5 Å². The summed E-state index contributed by atoms with van der Waals surface area (Å²) < 4.78 is 1.09. The molecule has 0 bridgehead atoms. The molecule has 1 aliphatic rings. The van der Waals surface area contributed by atoms with E-state index >= 15 is 0 Å². The monoisotopic (exact) mass is 298 g/mol. The maximum atomic E-state index is 9.63. The van der Waals surface area contributed by atoms with Crippen molar-refractivity contribution >= 4 is 21.6 Å². The van der Waals surface area contributed by atoms with Crippen LogP contribution in [-0.4, -0.2) is 30.8 Å². The lowest BCUT2D eigenvalue weighted by molar-refractivity contribution is 0.198. The lowest BCUT2D eigenvalue weighted by Crippen LogP contribution is -2.24. The van der Waals surface area contributed by atoms with Gasteiger partial charge >= 0.3 is 0 Å². The minimum atomic E-state index is -0.180. The number of benzene rings is 1. The number of nitrogens with zero attached hydrogens (tertiary/aromatic N) is 1. The van der Waals surface area contributed by atoms with Crippen LogP contribution in [0.4, 0.5) is 5.69 Å². The normalized spacial score (nSPS) is 19.9. The lowest BCUT2D eigenvalue weighted by atomic mass is 10.1. The first kappa shape index (κ1) is 12.9. The van der Waals surface area contributed by atoms with E-state index in [0.29, 0.717) is 0 Å². The quantitative estimate of drug-likeness (QED) is 0.894. The minimum absolute atomic E-state index is 0.180. The molecule has 0 aliphatic carbocycles. The van der Waals surface area contributed by atoms with Crippen LogP contribution in [0.15, 0.2) is 22.7 Å². The Kier molecular flexibility index (Phi) is 4.42. The molecule has 1 heterocycles. The molecular weight excluding hydrogens is 280 g/mol. The summed E-state index contributed by atoms with van der Waals surface area (Å²) in [5.74, 6) is 0. The predicted octanol–water partition coefficient (Wildman–Crippen LogP) is 2.13. The molecule has 4 heteroatoms. The fourth-order valence-corrected chi connectivity index (χ4v) is 2.55. The molecule has 2 N–H and O–H groups in total. The first-order valence-electron chi connectivity index (χ1n) is 6.13. The maximum absolute atomic E-state index is 9.63. The number of rotatable bonds is 4. The van der Waals surface area contributed by atoms with Crippen LogP contribution < -0.4 is 10.2 Å². The van der Waals surface area contributed by atoms with Crippen molar-refractivity contribution in [1.82, 2.24) is 5.32 Å². The van der Waals surface area contributed by atoms with E-state index in [1.807, 2.05) is 0 Å². The van der Waals surface area contributed by atoms with Crippen molar-refractivity contribution in [2.45, 2.75) is 26.0 Å². The van der Waals surface area contributed by atoms with Crippen LogP contribution in [0.1, 0.15) is 18.9 Å². The fourth-order valence-electron chi connectivity index (χ4n) is 2.20. The molecule has 0 saturated carbocycles. The molecule has 0 amide bonds. The van der Waals surface area contributed by atoms with Gasteiger partial charge in [-0.3, -0.25) is 0 Å². The van der Waals surface area contributed by atoms with Gasteiger partial charge in [-0.2, -0.15) is 0 Å². The molecule has 1 saturated heterocycles. The van der Waals surface area contributed by atoms with Gasteiger partial charge in [-0.05, 0) is 30.7 Å². The largest absolute Gasteiger partial charge is 0.391 e. The van der Waals surface area contributed by atoms with Gasteiger partial charge in [0.05, 0.1) is 6.10 Å². The zero-order valence-corrected chi connectivity index (χ0v) is 11.7. The molecule has 2 rings (SSSR count). The average molecular weight is 299 g/mol. The maximum Gasteiger partial charge on any atom is 0.0731 e. The SMILES string of the molecule is CCNCc1ccc(Br)cc1N1CCC(O)C1. The molecule has 1 aromatic rings. The number of aliphatic hydroxyl groups is 1. The van der Waals surface area contributed by atoms with Crippen molar-refractivity contribution in [2.24, 2.45) is 0 Å². The molecule has 1 unspecified atom stereocenters. The van der Waals surface area contributed by atoms with Crippen LogP contribution in [0.3, 0.4) is 0 Å². The van der Waals surface area contributed by atoms with Gasteiger partial charge in [0.2, 0.25) is 0 Å². The molecule has 1 fully saturated rings. The van der Waals surface area contributed by atoms with Crippen molar-refractivity contribution in [3.05, 3.63) is 28.2 Å². The van der Waals surface area contributed by atoms with Crippen molar-refractivity contribution < 1.29 is 5.11 Å². The summed E-state index contributed by atoms with van der Waals surface area (Å²) in [4.78, 5) is 2.27.